The van der Waals surface area contributed by atoms with E-state index in [-0.39, 0.29) is 11.8 Å². The molecule has 2 saturated heterocycles. The largest absolute Gasteiger partial charge is 0.336 e. The highest BCUT2D eigenvalue weighted by Gasteiger charge is 2.49. The van der Waals surface area contributed by atoms with E-state index in [0.717, 1.165) is 37.2 Å². The lowest BCUT2D eigenvalue weighted by Gasteiger charge is -2.39. The first-order valence-corrected chi connectivity index (χ1v) is 9.48. The Morgan fingerprint density at radius 2 is 2.07 bits per heavy atom. The highest BCUT2D eigenvalue weighted by atomic mass is 16.2. The lowest BCUT2D eigenvalue weighted by Crippen LogP contribution is -2.50. The van der Waals surface area contributed by atoms with Crippen LogP contribution in [0, 0.1) is 12.3 Å². The molecule has 7 nitrogen and oxygen atoms in total. The van der Waals surface area contributed by atoms with Crippen molar-refractivity contribution in [1.29, 1.82) is 0 Å². The van der Waals surface area contributed by atoms with E-state index in [1.54, 1.807) is 24.0 Å². The Kier molecular flexibility index (Phi) is 4.45. The van der Waals surface area contributed by atoms with Crippen molar-refractivity contribution >= 4 is 11.8 Å². The van der Waals surface area contributed by atoms with E-state index in [4.69, 9.17) is 0 Å². The van der Waals surface area contributed by atoms with Crippen LogP contribution in [0.4, 0.5) is 0 Å². The number of aryl methyl sites for hydroxylation is 2. The molecule has 2 amide bonds. The van der Waals surface area contributed by atoms with Crippen molar-refractivity contribution in [3.05, 3.63) is 47.5 Å². The predicted octanol–water partition coefficient (Wildman–Crippen LogP) is 1.78. The molecule has 2 aliphatic heterocycles. The van der Waals surface area contributed by atoms with Gasteiger partial charge in [0.25, 0.3) is 5.91 Å². The average Bonchev–Trinajstić information content (AvgIpc) is 3.21. The summed E-state index contributed by atoms with van der Waals surface area (Å²) in [7, 11) is 1.77. The second-order valence-electron chi connectivity index (χ2n) is 7.70. The van der Waals surface area contributed by atoms with Crippen LogP contribution in [0.2, 0.25) is 0 Å². The number of nitrogens with zero attached hydrogens (tertiary/aromatic N) is 5. The van der Waals surface area contributed by atoms with Gasteiger partial charge in [-0.05, 0) is 44.4 Å². The average molecular weight is 367 g/mol. The number of carbonyl (C=O) groups is 2. The normalized spacial score (nSPS) is 22.7. The standard InChI is InChI=1S/C20H25N5O2/c1-15-5-3-6-16(22-15)13-24-12-9-20(19(24)27)8-4-11-25(14-20)18(26)17-7-10-21-23(17)2/h3,5-7,10H,4,8-9,11-14H2,1-2H3. The minimum atomic E-state index is -0.448. The maximum absolute atomic E-state index is 13.2. The van der Waals surface area contributed by atoms with Gasteiger partial charge in [0.05, 0.1) is 17.7 Å². The van der Waals surface area contributed by atoms with E-state index in [2.05, 4.69) is 10.1 Å². The Balaban J connectivity index is 1.49. The van der Waals surface area contributed by atoms with Gasteiger partial charge in [0.2, 0.25) is 5.91 Å². The van der Waals surface area contributed by atoms with Crippen molar-refractivity contribution in [3.63, 3.8) is 0 Å². The minimum Gasteiger partial charge on any atom is -0.336 e. The summed E-state index contributed by atoms with van der Waals surface area (Å²) in [6, 6.07) is 7.63. The fraction of sp³-hybridized carbons (Fsp3) is 0.500. The van der Waals surface area contributed by atoms with E-state index in [9.17, 15) is 9.59 Å². The van der Waals surface area contributed by atoms with Crippen molar-refractivity contribution < 1.29 is 9.59 Å². The summed E-state index contributed by atoms with van der Waals surface area (Å²) in [4.78, 5) is 34.4. The summed E-state index contributed by atoms with van der Waals surface area (Å²) in [5, 5.41) is 4.09. The van der Waals surface area contributed by atoms with Crippen molar-refractivity contribution in [1.82, 2.24) is 24.6 Å². The van der Waals surface area contributed by atoms with E-state index in [1.165, 1.54) is 0 Å². The van der Waals surface area contributed by atoms with Crippen LogP contribution in [0.15, 0.2) is 30.5 Å². The molecular weight excluding hydrogens is 342 g/mol. The van der Waals surface area contributed by atoms with Gasteiger partial charge in [-0.3, -0.25) is 19.3 Å². The lowest BCUT2D eigenvalue weighted by molar-refractivity contribution is -0.138. The maximum Gasteiger partial charge on any atom is 0.272 e. The molecule has 2 fully saturated rings. The molecule has 27 heavy (non-hydrogen) atoms. The molecule has 1 atom stereocenters. The molecule has 4 rings (SSSR count). The third-order valence-electron chi connectivity index (χ3n) is 5.80. The predicted molar refractivity (Wildman–Crippen MR) is 99.8 cm³/mol. The molecule has 0 radical (unpaired) electrons. The van der Waals surface area contributed by atoms with Gasteiger partial charge < -0.3 is 9.80 Å². The van der Waals surface area contributed by atoms with Crippen LogP contribution in [0.3, 0.4) is 0 Å². The number of likely N-dealkylation sites (tertiary alicyclic amines) is 2. The monoisotopic (exact) mass is 367 g/mol. The fourth-order valence-electron chi connectivity index (χ4n) is 4.36. The van der Waals surface area contributed by atoms with E-state index in [0.29, 0.717) is 25.3 Å². The summed E-state index contributed by atoms with van der Waals surface area (Å²) < 4.78 is 1.59. The Morgan fingerprint density at radius 3 is 2.81 bits per heavy atom. The molecule has 0 N–H and O–H groups in total. The Bertz CT molecular complexity index is 877. The number of hydrogen-bond acceptors (Lipinski definition) is 4. The Labute approximate surface area is 159 Å². The van der Waals surface area contributed by atoms with Gasteiger partial charge in [-0.1, -0.05) is 6.07 Å². The van der Waals surface area contributed by atoms with Crippen molar-refractivity contribution in [3.8, 4) is 0 Å². The van der Waals surface area contributed by atoms with Crippen LogP contribution >= 0.6 is 0 Å². The minimum absolute atomic E-state index is 0.0410. The van der Waals surface area contributed by atoms with Gasteiger partial charge >= 0.3 is 0 Å². The van der Waals surface area contributed by atoms with Gasteiger partial charge in [-0.25, -0.2) is 0 Å². The van der Waals surface area contributed by atoms with Crippen LogP contribution in [-0.2, 0) is 18.4 Å². The number of pyridine rings is 1. The third kappa shape index (κ3) is 3.22. The molecule has 2 aromatic rings. The molecule has 1 unspecified atom stereocenters. The van der Waals surface area contributed by atoms with E-state index >= 15 is 0 Å². The van der Waals surface area contributed by atoms with Crippen LogP contribution < -0.4 is 0 Å². The second kappa shape index (κ2) is 6.79. The van der Waals surface area contributed by atoms with Crippen molar-refractivity contribution in [2.45, 2.75) is 32.7 Å². The number of hydrogen-bond donors (Lipinski definition) is 0. The number of piperidine rings is 1. The molecule has 0 bridgehead atoms. The number of rotatable bonds is 3. The van der Waals surface area contributed by atoms with Crippen LogP contribution in [0.1, 0.15) is 41.1 Å². The number of carbonyl (C=O) groups excluding carboxylic acids is 2. The zero-order valence-corrected chi connectivity index (χ0v) is 15.9. The summed E-state index contributed by atoms with van der Waals surface area (Å²) in [6.45, 7) is 4.41. The topological polar surface area (TPSA) is 71.3 Å². The number of aromatic nitrogens is 3. The molecule has 0 aromatic carbocycles. The summed E-state index contributed by atoms with van der Waals surface area (Å²) in [6.07, 6.45) is 4.13. The summed E-state index contributed by atoms with van der Waals surface area (Å²) >= 11 is 0. The zero-order chi connectivity index (χ0) is 19.0. The van der Waals surface area contributed by atoms with Gasteiger partial charge in [-0.15, -0.1) is 0 Å². The number of amides is 2. The first-order chi connectivity index (χ1) is 13.0. The molecule has 2 aliphatic rings. The summed E-state index contributed by atoms with van der Waals surface area (Å²) in [5.74, 6) is 0.119. The molecule has 0 saturated carbocycles. The lowest BCUT2D eigenvalue weighted by atomic mass is 9.78. The third-order valence-corrected chi connectivity index (χ3v) is 5.80. The fourth-order valence-corrected chi connectivity index (χ4v) is 4.36. The Morgan fingerprint density at radius 1 is 1.22 bits per heavy atom. The first kappa shape index (κ1) is 17.7. The highest BCUT2D eigenvalue weighted by Crippen LogP contribution is 2.40. The second-order valence-corrected chi connectivity index (χ2v) is 7.70. The van der Waals surface area contributed by atoms with E-state index in [1.807, 2.05) is 34.9 Å². The molecule has 0 aliphatic carbocycles. The smallest absolute Gasteiger partial charge is 0.272 e. The highest BCUT2D eigenvalue weighted by molar-refractivity contribution is 5.93. The Hall–Kier alpha value is -2.70. The van der Waals surface area contributed by atoms with Gasteiger partial charge in [0.15, 0.2) is 0 Å². The van der Waals surface area contributed by atoms with Gasteiger partial charge in [-0.2, -0.15) is 5.10 Å². The van der Waals surface area contributed by atoms with Crippen LogP contribution in [0.5, 0.6) is 0 Å². The van der Waals surface area contributed by atoms with Crippen molar-refractivity contribution in [2.24, 2.45) is 12.5 Å². The quantitative estimate of drug-likeness (QED) is 0.829. The van der Waals surface area contributed by atoms with Gasteiger partial charge in [0, 0.05) is 38.6 Å². The van der Waals surface area contributed by atoms with Crippen LogP contribution in [-0.4, -0.2) is 56.0 Å². The summed E-state index contributed by atoms with van der Waals surface area (Å²) in [5.41, 5.74) is 1.99. The SMILES string of the molecule is Cc1cccc(CN2CCC3(CCCN(C(=O)c4ccnn4C)C3)C2=O)n1. The molecular formula is C20H25N5O2. The zero-order valence-electron chi connectivity index (χ0n) is 15.9. The molecule has 4 heterocycles. The molecule has 2 aromatic heterocycles. The molecule has 1 spiro atoms. The van der Waals surface area contributed by atoms with Crippen molar-refractivity contribution in [2.75, 3.05) is 19.6 Å². The van der Waals surface area contributed by atoms with Gasteiger partial charge in [0.1, 0.15) is 5.69 Å². The van der Waals surface area contributed by atoms with Crippen LogP contribution in [0.25, 0.3) is 0 Å². The molecule has 142 valence electrons. The molecule has 7 heteroatoms. The maximum atomic E-state index is 13.2. The first-order valence-electron chi connectivity index (χ1n) is 9.48. The van der Waals surface area contributed by atoms with E-state index < -0.39 is 5.41 Å².